The Morgan fingerprint density at radius 2 is 1.93 bits per heavy atom. The molecule has 1 amide bonds. The molecule has 0 saturated heterocycles. The van der Waals surface area contributed by atoms with Crippen molar-refractivity contribution < 1.29 is 19.0 Å². The summed E-state index contributed by atoms with van der Waals surface area (Å²) in [6.45, 7) is 5.44. The first-order valence-electron chi connectivity index (χ1n) is 8.76. The van der Waals surface area contributed by atoms with Gasteiger partial charge in [0.15, 0.2) is 17.2 Å². The zero-order valence-electron chi connectivity index (χ0n) is 16.0. The summed E-state index contributed by atoms with van der Waals surface area (Å²) in [5.41, 5.74) is 2.20. The number of hydrogen-bond donors (Lipinski definition) is 1. The van der Waals surface area contributed by atoms with Gasteiger partial charge in [-0.1, -0.05) is 11.3 Å². The molecule has 3 aromatic rings. The molecule has 0 spiro atoms. The Morgan fingerprint density at radius 3 is 2.71 bits per heavy atom. The van der Waals surface area contributed by atoms with Crippen molar-refractivity contribution in [2.24, 2.45) is 0 Å². The maximum Gasteiger partial charge on any atom is 0.278 e. The average Bonchev–Trinajstić information content (AvgIpc) is 3.19. The quantitative estimate of drug-likeness (QED) is 0.747. The fourth-order valence-corrected chi connectivity index (χ4v) is 3.02. The van der Waals surface area contributed by atoms with E-state index in [-0.39, 0.29) is 11.6 Å². The molecule has 0 unspecified atom stereocenters. The van der Waals surface area contributed by atoms with Gasteiger partial charge in [0.2, 0.25) is 5.79 Å². The van der Waals surface area contributed by atoms with Gasteiger partial charge in [-0.15, -0.1) is 5.10 Å². The number of carbonyl (C=O) groups excluding carboxylic acids is 1. The van der Waals surface area contributed by atoms with Gasteiger partial charge in [-0.25, -0.2) is 4.68 Å². The van der Waals surface area contributed by atoms with Crippen molar-refractivity contribution in [3.05, 3.63) is 53.9 Å². The van der Waals surface area contributed by atoms with Crippen molar-refractivity contribution in [1.29, 1.82) is 0 Å². The SMILES string of the molecule is COc1cccc(-n2nnc(C(=O)Nc3ccc4c(c3)OC(C)(C)O4)c2C)c1. The normalized spacial score (nSPS) is 14.0. The van der Waals surface area contributed by atoms with E-state index >= 15 is 0 Å². The number of benzene rings is 2. The van der Waals surface area contributed by atoms with Crippen LogP contribution in [0.4, 0.5) is 5.69 Å². The number of aromatic nitrogens is 3. The Bertz CT molecular complexity index is 1060. The summed E-state index contributed by atoms with van der Waals surface area (Å²) in [6.07, 6.45) is 0. The van der Waals surface area contributed by atoms with Crippen molar-refractivity contribution in [2.45, 2.75) is 26.6 Å². The van der Waals surface area contributed by atoms with Gasteiger partial charge in [0.05, 0.1) is 18.5 Å². The number of amides is 1. The molecule has 0 atom stereocenters. The van der Waals surface area contributed by atoms with Crippen LogP contribution in [-0.2, 0) is 0 Å². The van der Waals surface area contributed by atoms with Gasteiger partial charge in [0, 0.05) is 31.7 Å². The van der Waals surface area contributed by atoms with Crippen molar-refractivity contribution in [3.63, 3.8) is 0 Å². The molecule has 4 rings (SSSR count). The lowest BCUT2D eigenvalue weighted by molar-refractivity contribution is -0.0431. The molecule has 1 aromatic heterocycles. The standard InChI is InChI=1S/C20H20N4O4/c1-12-18(22-23-24(12)14-6-5-7-15(11-14)26-4)19(25)21-13-8-9-16-17(10-13)28-20(2,3)27-16/h5-11H,1-4H3,(H,21,25). The molecule has 0 saturated carbocycles. The number of rotatable bonds is 4. The van der Waals surface area contributed by atoms with E-state index in [1.165, 1.54) is 0 Å². The smallest absolute Gasteiger partial charge is 0.278 e. The molecule has 1 aliphatic rings. The summed E-state index contributed by atoms with van der Waals surface area (Å²) in [7, 11) is 1.60. The number of nitrogens with zero attached hydrogens (tertiary/aromatic N) is 3. The zero-order chi connectivity index (χ0) is 19.9. The van der Waals surface area contributed by atoms with Crippen LogP contribution < -0.4 is 19.5 Å². The number of anilines is 1. The Kier molecular flexibility index (Phi) is 4.18. The third-order valence-electron chi connectivity index (χ3n) is 4.32. The lowest BCUT2D eigenvalue weighted by atomic mass is 10.2. The van der Waals surface area contributed by atoms with Gasteiger partial charge in [0.25, 0.3) is 5.91 Å². The third kappa shape index (κ3) is 3.24. The molecule has 28 heavy (non-hydrogen) atoms. The zero-order valence-corrected chi connectivity index (χ0v) is 16.0. The minimum Gasteiger partial charge on any atom is -0.497 e. The highest BCUT2D eigenvalue weighted by atomic mass is 16.7. The van der Waals surface area contributed by atoms with Crippen molar-refractivity contribution in [3.8, 4) is 22.9 Å². The first-order valence-corrected chi connectivity index (χ1v) is 8.76. The molecule has 8 nitrogen and oxygen atoms in total. The number of fused-ring (bicyclic) bond motifs is 1. The van der Waals surface area contributed by atoms with Crippen LogP contribution in [0.1, 0.15) is 30.0 Å². The van der Waals surface area contributed by atoms with E-state index in [0.717, 1.165) is 5.69 Å². The van der Waals surface area contributed by atoms with Crippen LogP contribution in [0.25, 0.3) is 5.69 Å². The van der Waals surface area contributed by atoms with E-state index in [4.69, 9.17) is 14.2 Å². The molecular formula is C20H20N4O4. The van der Waals surface area contributed by atoms with Gasteiger partial charge < -0.3 is 19.5 Å². The molecule has 0 aliphatic carbocycles. The van der Waals surface area contributed by atoms with Crippen LogP contribution in [0.3, 0.4) is 0 Å². The summed E-state index contributed by atoms with van der Waals surface area (Å²) in [5.74, 6) is 0.843. The molecule has 1 aliphatic heterocycles. The molecule has 144 valence electrons. The second kappa shape index (κ2) is 6.56. The van der Waals surface area contributed by atoms with Crippen LogP contribution in [0.15, 0.2) is 42.5 Å². The summed E-state index contributed by atoms with van der Waals surface area (Å²) in [4.78, 5) is 12.7. The molecule has 0 bridgehead atoms. The van der Waals surface area contributed by atoms with Crippen LogP contribution in [0.2, 0.25) is 0 Å². The molecule has 0 fully saturated rings. The first kappa shape index (κ1) is 17.8. The monoisotopic (exact) mass is 380 g/mol. The van der Waals surface area contributed by atoms with Crippen molar-refractivity contribution >= 4 is 11.6 Å². The highest BCUT2D eigenvalue weighted by Gasteiger charge is 2.31. The van der Waals surface area contributed by atoms with Crippen molar-refractivity contribution in [1.82, 2.24) is 15.0 Å². The van der Waals surface area contributed by atoms with Crippen molar-refractivity contribution in [2.75, 3.05) is 12.4 Å². The minimum atomic E-state index is -0.721. The lowest BCUT2D eigenvalue weighted by Gasteiger charge is -2.16. The largest absolute Gasteiger partial charge is 0.497 e. The van der Waals surface area contributed by atoms with Crippen LogP contribution in [0.5, 0.6) is 17.2 Å². The van der Waals surface area contributed by atoms with Crippen LogP contribution in [-0.4, -0.2) is 33.8 Å². The summed E-state index contributed by atoms with van der Waals surface area (Å²) >= 11 is 0. The predicted molar refractivity (Wildman–Crippen MR) is 102 cm³/mol. The summed E-state index contributed by atoms with van der Waals surface area (Å²) in [6, 6.07) is 12.6. The van der Waals surface area contributed by atoms with Crippen LogP contribution in [0, 0.1) is 6.92 Å². The Morgan fingerprint density at radius 1 is 1.14 bits per heavy atom. The Labute approximate surface area is 162 Å². The summed E-state index contributed by atoms with van der Waals surface area (Å²) in [5, 5.41) is 11.0. The Balaban J connectivity index is 1.56. The maximum atomic E-state index is 12.7. The second-order valence-corrected chi connectivity index (χ2v) is 6.86. The fourth-order valence-electron chi connectivity index (χ4n) is 3.02. The first-order chi connectivity index (χ1) is 13.4. The number of methoxy groups -OCH3 is 1. The lowest BCUT2D eigenvalue weighted by Crippen LogP contribution is -2.29. The van der Waals surface area contributed by atoms with E-state index in [2.05, 4.69) is 15.6 Å². The molecule has 2 heterocycles. The number of nitrogens with one attached hydrogen (secondary N) is 1. The molecule has 2 aromatic carbocycles. The van der Waals surface area contributed by atoms with E-state index in [1.807, 2.05) is 38.1 Å². The number of carbonyl (C=O) groups is 1. The minimum absolute atomic E-state index is 0.237. The molecule has 1 N–H and O–H groups in total. The Hall–Kier alpha value is -3.55. The van der Waals surface area contributed by atoms with Gasteiger partial charge in [-0.3, -0.25) is 4.79 Å². The highest BCUT2D eigenvalue weighted by molar-refractivity contribution is 6.03. The van der Waals surface area contributed by atoms with Gasteiger partial charge >= 0.3 is 0 Å². The number of hydrogen-bond acceptors (Lipinski definition) is 6. The second-order valence-electron chi connectivity index (χ2n) is 6.86. The molecule has 8 heteroatoms. The molecular weight excluding hydrogens is 360 g/mol. The maximum absolute atomic E-state index is 12.7. The molecule has 0 radical (unpaired) electrons. The van der Waals surface area contributed by atoms with Gasteiger partial charge in [0.1, 0.15) is 5.75 Å². The van der Waals surface area contributed by atoms with Gasteiger partial charge in [-0.2, -0.15) is 0 Å². The van der Waals surface area contributed by atoms with Crippen LogP contribution >= 0.6 is 0 Å². The highest BCUT2D eigenvalue weighted by Crippen LogP contribution is 2.40. The van der Waals surface area contributed by atoms with E-state index < -0.39 is 5.79 Å². The van der Waals surface area contributed by atoms with Gasteiger partial charge in [-0.05, 0) is 31.2 Å². The third-order valence-corrected chi connectivity index (χ3v) is 4.32. The summed E-state index contributed by atoms with van der Waals surface area (Å²) < 4.78 is 18.2. The predicted octanol–water partition coefficient (Wildman–Crippen LogP) is 3.34. The van der Waals surface area contributed by atoms with E-state index in [9.17, 15) is 4.79 Å². The van der Waals surface area contributed by atoms with E-state index in [0.29, 0.717) is 28.6 Å². The van der Waals surface area contributed by atoms with E-state index in [1.54, 1.807) is 36.9 Å². The topological polar surface area (TPSA) is 87.5 Å². The fraction of sp³-hybridized carbons (Fsp3) is 0.250. The number of ether oxygens (including phenoxy) is 3. The average molecular weight is 380 g/mol.